The van der Waals surface area contributed by atoms with Crippen molar-refractivity contribution >= 4 is 22.4 Å². The number of aromatic nitrogens is 2. The van der Waals surface area contributed by atoms with Crippen molar-refractivity contribution in [2.45, 2.75) is 46.5 Å². The van der Waals surface area contributed by atoms with E-state index in [1.807, 2.05) is 12.3 Å². The molecule has 0 spiro atoms. The molecule has 0 N–H and O–H groups in total. The minimum Gasteiger partial charge on any atom is -0.264 e. The van der Waals surface area contributed by atoms with Gasteiger partial charge in [0.2, 0.25) is 0 Å². The summed E-state index contributed by atoms with van der Waals surface area (Å²) in [6.07, 6.45) is 21.6. The molecule has 2 heterocycles. The van der Waals surface area contributed by atoms with Crippen LogP contribution in [0.25, 0.3) is 44.9 Å². The lowest BCUT2D eigenvalue weighted by Crippen LogP contribution is -2.09. The van der Waals surface area contributed by atoms with Gasteiger partial charge < -0.3 is 0 Å². The second-order valence-corrected chi connectivity index (χ2v) is 13.1. The largest absolute Gasteiger partial charge is 0.264 e. The summed E-state index contributed by atoms with van der Waals surface area (Å²) in [5.41, 5.74) is 15.7. The Hall–Kier alpha value is -5.34. The predicted molar refractivity (Wildman–Crippen MR) is 204 cm³/mol. The van der Waals surface area contributed by atoms with Crippen LogP contribution >= 0.6 is 0 Å². The van der Waals surface area contributed by atoms with Crippen LogP contribution in [-0.4, -0.2) is 9.97 Å². The van der Waals surface area contributed by atoms with E-state index in [0.29, 0.717) is 5.92 Å². The Morgan fingerprint density at radius 3 is 2.58 bits per heavy atom. The van der Waals surface area contributed by atoms with Crippen molar-refractivity contribution in [2.75, 3.05) is 0 Å². The zero-order valence-electron chi connectivity index (χ0n) is 28.2. The van der Waals surface area contributed by atoms with Gasteiger partial charge in [-0.25, -0.2) is 4.98 Å². The third kappa shape index (κ3) is 6.31. The Morgan fingerprint density at radius 1 is 0.917 bits per heavy atom. The monoisotopic (exact) mass is 622 g/mol. The van der Waals surface area contributed by atoms with E-state index in [9.17, 15) is 0 Å². The standard InChI is InChI=1S/C46H42N2/c1-5-12-38(33(4)28-34-23-25-35-27-31(2)22-24-36(35)29-34)46(39-15-7-6-13-32(39)3)43-19-9-16-40-41(43)17-8-18-42(40)45-21-10-20-44(48-45)37-14-11-26-47-30-37/h5,7-12,14-27,30,34H,3,6,13,28-29H2,1-2,4H3/b12-5-,38-33-,46-39+. The molecule has 1 unspecified atom stereocenters. The molecule has 7 rings (SSSR count). The molecule has 0 radical (unpaired) electrons. The smallest absolute Gasteiger partial charge is 0.0725 e. The molecule has 2 nitrogen and oxygen atoms in total. The molecule has 0 fully saturated rings. The number of allylic oxidation sites excluding steroid dienone is 10. The number of hydrogen-bond donors (Lipinski definition) is 0. The average Bonchev–Trinajstić information content (AvgIpc) is 3.12. The number of pyridine rings is 2. The molecule has 48 heavy (non-hydrogen) atoms. The van der Waals surface area contributed by atoms with E-state index in [0.717, 1.165) is 48.2 Å². The van der Waals surface area contributed by atoms with Crippen molar-refractivity contribution in [3.8, 4) is 22.5 Å². The van der Waals surface area contributed by atoms with Gasteiger partial charge in [0.25, 0.3) is 0 Å². The fraction of sp³-hybridized carbons (Fsp3) is 0.174. The molecule has 0 aliphatic heterocycles. The first-order valence-corrected chi connectivity index (χ1v) is 17.1. The molecule has 0 saturated carbocycles. The summed E-state index contributed by atoms with van der Waals surface area (Å²) in [5, 5.41) is 2.41. The average molecular weight is 623 g/mol. The summed E-state index contributed by atoms with van der Waals surface area (Å²) in [4.78, 5) is 9.43. The fourth-order valence-electron chi connectivity index (χ4n) is 7.31. The van der Waals surface area contributed by atoms with E-state index in [-0.39, 0.29) is 0 Å². The summed E-state index contributed by atoms with van der Waals surface area (Å²) in [6, 6.07) is 30.5. The Bertz CT molecular complexity index is 2170. The maximum absolute atomic E-state index is 5.11. The molecule has 236 valence electrons. The van der Waals surface area contributed by atoms with E-state index < -0.39 is 0 Å². The molecule has 2 aromatic heterocycles. The quantitative estimate of drug-likeness (QED) is 0.169. The van der Waals surface area contributed by atoms with Crippen molar-refractivity contribution in [3.05, 3.63) is 179 Å². The fourth-order valence-corrected chi connectivity index (χ4v) is 7.31. The Balaban J connectivity index is 1.37. The van der Waals surface area contributed by atoms with Crippen LogP contribution in [0.2, 0.25) is 0 Å². The molecular formula is C46H42N2. The summed E-state index contributed by atoms with van der Waals surface area (Å²) < 4.78 is 0. The topological polar surface area (TPSA) is 25.8 Å². The van der Waals surface area contributed by atoms with Gasteiger partial charge in [-0.15, -0.1) is 0 Å². The molecular weight excluding hydrogens is 581 g/mol. The molecule has 1 atom stereocenters. The number of aryl methyl sites for hydroxylation is 1. The molecule has 0 amide bonds. The van der Waals surface area contributed by atoms with Gasteiger partial charge in [-0.3, -0.25) is 4.98 Å². The Morgan fingerprint density at radius 2 is 1.75 bits per heavy atom. The molecule has 2 aliphatic carbocycles. The minimum absolute atomic E-state index is 0.453. The lowest BCUT2D eigenvalue weighted by molar-refractivity contribution is 0.634. The molecule has 3 aromatic carbocycles. The summed E-state index contributed by atoms with van der Waals surface area (Å²) >= 11 is 0. The lowest BCUT2D eigenvalue weighted by Gasteiger charge is -2.25. The first-order chi connectivity index (χ1) is 23.5. The number of benzene rings is 3. The van der Waals surface area contributed by atoms with Gasteiger partial charge in [-0.05, 0) is 126 Å². The van der Waals surface area contributed by atoms with Crippen LogP contribution in [0.4, 0.5) is 0 Å². The highest BCUT2D eigenvalue weighted by Crippen LogP contribution is 2.42. The number of nitrogens with zero attached hydrogens (tertiary/aromatic N) is 2. The van der Waals surface area contributed by atoms with E-state index in [1.54, 1.807) is 6.20 Å². The first-order valence-electron chi connectivity index (χ1n) is 17.1. The van der Waals surface area contributed by atoms with Crippen molar-refractivity contribution in [1.82, 2.24) is 9.97 Å². The van der Waals surface area contributed by atoms with E-state index in [4.69, 9.17) is 4.98 Å². The van der Waals surface area contributed by atoms with E-state index >= 15 is 0 Å². The van der Waals surface area contributed by atoms with Gasteiger partial charge in [-0.1, -0.05) is 115 Å². The third-order valence-corrected chi connectivity index (χ3v) is 9.68. The van der Waals surface area contributed by atoms with Crippen LogP contribution in [-0.2, 0) is 6.42 Å². The Kier molecular flexibility index (Phi) is 8.99. The van der Waals surface area contributed by atoms with Gasteiger partial charge in [0, 0.05) is 23.5 Å². The van der Waals surface area contributed by atoms with Crippen LogP contribution < -0.4 is 0 Å². The normalized spacial score (nSPS) is 17.5. The molecule has 5 aromatic rings. The number of rotatable bonds is 7. The molecule has 2 aliphatic rings. The minimum atomic E-state index is 0.453. The second kappa shape index (κ2) is 13.8. The summed E-state index contributed by atoms with van der Waals surface area (Å²) in [5.74, 6) is 0.453. The highest BCUT2D eigenvalue weighted by atomic mass is 14.7. The zero-order chi connectivity index (χ0) is 33.0. The number of hydrogen-bond acceptors (Lipinski definition) is 2. The van der Waals surface area contributed by atoms with Gasteiger partial charge in [0.05, 0.1) is 11.4 Å². The first kappa shape index (κ1) is 31.3. The SMILES string of the molecule is C=C1CCC=C/C1=C(C(/C=C\C)=C(/C)CC1C=Cc2cc(C)ccc2C1)\c1cccc2c(-c3cccc(-c4cccnc4)n3)cccc12. The lowest BCUT2D eigenvalue weighted by atomic mass is 9.79. The van der Waals surface area contributed by atoms with Crippen LogP contribution in [0.1, 0.15) is 55.4 Å². The summed E-state index contributed by atoms with van der Waals surface area (Å²) in [6.45, 7) is 11.2. The van der Waals surface area contributed by atoms with Crippen LogP contribution in [0.15, 0.2) is 157 Å². The Labute approximate surface area is 285 Å². The van der Waals surface area contributed by atoms with E-state index in [2.05, 4.69) is 148 Å². The van der Waals surface area contributed by atoms with Gasteiger partial charge in [0.15, 0.2) is 0 Å². The van der Waals surface area contributed by atoms with Crippen LogP contribution in [0.3, 0.4) is 0 Å². The van der Waals surface area contributed by atoms with Crippen molar-refractivity contribution in [2.24, 2.45) is 5.92 Å². The zero-order valence-corrected chi connectivity index (χ0v) is 28.2. The molecule has 2 heteroatoms. The highest BCUT2D eigenvalue weighted by Gasteiger charge is 2.22. The van der Waals surface area contributed by atoms with Gasteiger partial charge >= 0.3 is 0 Å². The molecule has 0 saturated heterocycles. The van der Waals surface area contributed by atoms with Crippen LogP contribution in [0.5, 0.6) is 0 Å². The number of fused-ring (bicyclic) bond motifs is 2. The predicted octanol–water partition coefficient (Wildman–Crippen LogP) is 12.1. The third-order valence-electron chi connectivity index (χ3n) is 9.68. The van der Waals surface area contributed by atoms with Crippen molar-refractivity contribution < 1.29 is 0 Å². The van der Waals surface area contributed by atoms with Gasteiger partial charge in [-0.2, -0.15) is 0 Å². The summed E-state index contributed by atoms with van der Waals surface area (Å²) in [7, 11) is 0. The van der Waals surface area contributed by atoms with Crippen molar-refractivity contribution in [3.63, 3.8) is 0 Å². The van der Waals surface area contributed by atoms with Gasteiger partial charge in [0.1, 0.15) is 0 Å². The van der Waals surface area contributed by atoms with E-state index in [1.165, 1.54) is 60.9 Å². The maximum Gasteiger partial charge on any atom is 0.0725 e. The molecule has 0 bridgehead atoms. The highest BCUT2D eigenvalue weighted by molar-refractivity contribution is 6.05. The van der Waals surface area contributed by atoms with Crippen molar-refractivity contribution in [1.29, 1.82) is 0 Å². The van der Waals surface area contributed by atoms with Crippen LogP contribution in [0, 0.1) is 12.8 Å². The second-order valence-electron chi connectivity index (χ2n) is 13.1. The maximum atomic E-state index is 5.11.